The molecule has 1 unspecified atom stereocenters. The Balaban J connectivity index is 1.65. The number of para-hydroxylation sites is 2. The van der Waals surface area contributed by atoms with E-state index < -0.39 is 23.8 Å². The summed E-state index contributed by atoms with van der Waals surface area (Å²) in [5.41, 5.74) is 1.46. The molecular weight excluding hydrogens is 360 g/mol. The zero-order valence-corrected chi connectivity index (χ0v) is 15.5. The number of carboxylic acid groups (broad SMARTS) is 1. The van der Waals surface area contributed by atoms with Gasteiger partial charge in [0.25, 0.3) is 5.91 Å². The summed E-state index contributed by atoms with van der Waals surface area (Å²) >= 11 is 0. The predicted molar refractivity (Wildman–Crippen MR) is 103 cm³/mol. The van der Waals surface area contributed by atoms with Gasteiger partial charge in [-0.25, -0.2) is 0 Å². The van der Waals surface area contributed by atoms with E-state index in [0.717, 1.165) is 5.56 Å². The maximum atomic E-state index is 12.7. The van der Waals surface area contributed by atoms with Crippen LogP contribution in [0.3, 0.4) is 0 Å². The number of ether oxygens (including phenoxy) is 1. The number of carbonyl (C=O) groups is 3. The third-order valence-corrected chi connectivity index (χ3v) is 4.70. The van der Waals surface area contributed by atoms with Gasteiger partial charge in [-0.3, -0.25) is 14.4 Å². The zero-order chi connectivity index (χ0) is 20.1. The van der Waals surface area contributed by atoms with Crippen LogP contribution >= 0.6 is 0 Å². The first-order chi connectivity index (χ1) is 13.5. The first-order valence-corrected chi connectivity index (χ1v) is 9.01. The normalized spacial score (nSPS) is 17.1. The highest BCUT2D eigenvalue weighted by Crippen LogP contribution is 2.29. The van der Waals surface area contributed by atoms with Crippen molar-refractivity contribution in [3.8, 4) is 5.75 Å². The van der Waals surface area contributed by atoms with Gasteiger partial charge in [-0.2, -0.15) is 0 Å². The molecule has 2 aromatic rings. The number of rotatable bonds is 6. The first-order valence-electron chi connectivity index (χ1n) is 9.01. The lowest BCUT2D eigenvalue weighted by Gasteiger charge is -2.21. The maximum absolute atomic E-state index is 12.7. The first kappa shape index (κ1) is 19.4. The fourth-order valence-corrected chi connectivity index (χ4v) is 3.18. The molecule has 3 rings (SSSR count). The van der Waals surface area contributed by atoms with Crippen LogP contribution in [0, 0.1) is 5.92 Å². The molecule has 1 aliphatic heterocycles. The van der Waals surface area contributed by atoms with Crippen molar-refractivity contribution < 1.29 is 24.2 Å². The summed E-state index contributed by atoms with van der Waals surface area (Å²) in [7, 11) is 1.62. The summed E-state index contributed by atoms with van der Waals surface area (Å²) in [6.07, 6.45) is 0.0225. The number of carboxylic acids is 1. The van der Waals surface area contributed by atoms with Gasteiger partial charge >= 0.3 is 5.97 Å². The van der Waals surface area contributed by atoms with Crippen LogP contribution in [0.2, 0.25) is 0 Å². The average molecular weight is 382 g/mol. The molecule has 0 fully saturated rings. The summed E-state index contributed by atoms with van der Waals surface area (Å²) < 4.78 is 5.66. The number of amides is 2. The molecule has 0 spiro atoms. The molecule has 2 atom stereocenters. The minimum Gasteiger partial charge on any atom is -0.489 e. The Labute approximate surface area is 162 Å². The second-order valence-electron chi connectivity index (χ2n) is 6.73. The summed E-state index contributed by atoms with van der Waals surface area (Å²) in [5, 5.41) is 12.1. The van der Waals surface area contributed by atoms with Crippen molar-refractivity contribution in [3.63, 3.8) is 0 Å². The van der Waals surface area contributed by atoms with Crippen LogP contribution in [0.1, 0.15) is 12.0 Å². The molecule has 7 heteroatoms. The lowest BCUT2D eigenvalue weighted by Crippen LogP contribution is -2.49. The Hall–Kier alpha value is -3.35. The second-order valence-corrected chi connectivity index (χ2v) is 6.73. The molecule has 0 saturated carbocycles. The third kappa shape index (κ3) is 4.49. The number of aliphatic carboxylic acids is 1. The molecule has 2 N–H and O–H groups in total. The van der Waals surface area contributed by atoms with Gasteiger partial charge in [-0.15, -0.1) is 0 Å². The van der Waals surface area contributed by atoms with Gasteiger partial charge < -0.3 is 20.1 Å². The van der Waals surface area contributed by atoms with Crippen molar-refractivity contribution in [2.75, 3.05) is 18.6 Å². The number of nitrogens with zero attached hydrogens (tertiary/aromatic N) is 1. The van der Waals surface area contributed by atoms with Crippen LogP contribution in [0.15, 0.2) is 54.6 Å². The molecule has 7 nitrogen and oxygen atoms in total. The molecule has 2 aromatic carbocycles. The lowest BCUT2D eigenvalue weighted by atomic mass is 9.96. The Bertz CT molecular complexity index is 868. The zero-order valence-electron chi connectivity index (χ0n) is 15.5. The largest absolute Gasteiger partial charge is 0.489 e. The van der Waals surface area contributed by atoms with E-state index >= 15 is 0 Å². The monoisotopic (exact) mass is 382 g/mol. The molecule has 146 valence electrons. The molecule has 1 heterocycles. The van der Waals surface area contributed by atoms with Crippen LogP contribution in [0.4, 0.5) is 5.69 Å². The van der Waals surface area contributed by atoms with Gasteiger partial charge in [0, 0.05) is 13.5 Å². The molecular formula is C21H22N2O5. The Morgan fingerprint density at radius 2 is 1.86 bits per heavy atom. The van der Waals surface area contributed by atoms with Gasteiger partial charge in [0.15, 0.2) is 0 Å². The fourth-order valence-electron chi connectivity index (χ4n) is 3.18. The molecule has 0 aromatic heterocycles. The second kappa shape index (κ2) is 8.56. The minimum absolute atomic E-state index is 0.0116. The highest BCUT2D eigenvalue weighted by Gasteiger charge is 2.31. The maximum Gasteiger partial charge on any atom is 0.307 e. The highest BCUT2D eigenvalue weighted by atomic mass is 16.5. The Morgan fingerprint density at radius 3 is 2.57 bits per heavy atom. The SMILES string of the molecule is CN1C(=O)[C@H](NC(=O)CC(Cc2ccccc2)C(=O)O)COc2ccccc21. The number of likely N-dealkylation sites (N-methyl/N-ethyl adjacent to an activating group) is 1. The van der Waals surface area contributed by atoms with E-state index in [1.54, 1.807) is 31.3 Å². The van der Waals surface area contributed by atoms with Gasteiger partial charge in [0.2, 0.25) is 5.91 Å². The number of carbonyl (C=O) groups excluding carboxylic acids is 2. The summed E-state index contributed by atoms with van der Waals surface area (Å²) in [4.78, 5) is 38.1. The molecule has 0 aliphatic carbocycles. The number of nitrogens with one attached hydrogen (secondary N) is 1. The Kier molecular flexibility index (Phi) is 5.93. The molecule has 0 saturated heterocycles. The topological polar surface area (TPSA) is 95.9 Å². The van der Waals surface area contributed by atoms with Gasteiger partial charge in [-0.1, -0.05) is 42.5 Å². The number of hydrogen-bond acceptors (Lipinski definition) is 4. The fraction of sp³-hybridized carbons (Fsp3) is 0.286. The highest BCUT2D eigenvalue weighted by molar-refractivity contribution is 6.00. The molecule has 1 aliphatic rings. The van der Waals surface area contributed by atoms with Crippen molar-refractivity contribution in [2.24, 2.45) is 5.92 Å². The van der Waals surface area contributed by atoms with Crippen molar-refractivity contribution in [2.45, 2.75) is 18.9 Å². The third-order valence-electron chi connectivity index (χ3n) is 4.70. The summed E-state index contributed by atoms with van der Waals surface area (Å²) in [5.74, 6) is -2.17. The predicted octanol–water partition coefficient (Wildman–Crippen LogP) is 1.86. The van der Waals surface area contributed by atoms with Crippen molar-refractivity contribution >= 4 is 23.5 Å². The van der Waals surface area contributed by atoms with Crippen LogP contribution in [0.25, 0.3) is 0 Å². The van der Waals surface area contributed by atoms with E-state index in [1.807, 2.05) is 30.3 Å². The minimum atomic E-state index is -1.05. The molecule has 28 heavy (non-hydrogen) atoms. The Morgan fingerprint density at radius 1 is 1.18 bits per heavy atom. The van der Waals surface area contributed by atoms with Crippen LogP contribution in [-0.2, 0) is 20.8 Å². The van der Waals surface area contributed by atoms with Crippen molar-refractivity contribution in [3.05, 3.63) is 60.2 Å². The number of anilines is 1. The molecule has 2 amide bonds. The quantitative estimate of drug-likeness (QED) is 0.795. The smallest absolute Gasteiger partial charge is 0.307 e. The van der Waals surface area contributed by atoms with E-state index in [-0.39, 0.29) is 25.4 Å². The number of fused-ring (bicyclic) bond motifs is 1. The van der Waals surface area contributed by atoms with E-state index in [9.17, 15) is 19.5 Å². The average Bonchev–Trinajstić information content (AvgIpc) is 2.81. The van der Waals surface area contributed by atoms with E-state index in [0.29, 0.717) is 11.4 Å². The number of benzene rings is 2. The summed E-state index contributed by atoms with van der Waals surface area (Å²) in [6.45, 7) is -0.0116. The standard InChI is InChI=1S/C21H22N2O5/c1-23-17-9-5-6-10-18(17)28-13-16(20(23)25)22-19(24)12-15(21(26)27)11-14-7-3-2-4-8-14/h2-10,15-16H,11-13H2,1H3,(H,22,24)(H,26,27)/t15?,16-/m1/s1. The van der Waals surface area contributed by atoms with E-state index in [4.69, 9.17) is 4.74 Å². The van der Waals surface area contributed by atoms with Crippen LogP contribution in [-0.4, -0.2) is 42.6 Å². The van der Waals surface area contributed by atoms with E-state index in [1.165, 1.54) is 4.90 Å². The van der Waals surface area contributed by atoms with Gasteiger partial charge in [0.05, 0.1) is 11.6 Å². The summed E-state index contributed by atoms with van der Waals surface area (Å²) in [6, 6.07) is 15.4. The van der Waals surface area contributed by atoms with Crippen LogP contribution < -0.4 is 15.0 Å². The van der Waals surface area contributed by atoms with Crippen molar-refractivity contribution in [1.82, 2.24) is 5.32 Å². The van der Waals surface area contributed by atoms with E-state index in [2.05, 4.69) is 5.32 Å². The van der Waals surface area contributed by atoms with Crippen LogP contribution in [0.5, 0.6) is 5.75 Å². The molecule has 0 bridgehead atoms. The lowest BCUT2D eigenvalue weighted by molar-refractivity contribution is -0.144. The van der Waals surface area contributed by atoms with Gasteiger partial charge in [-0.05, 0) is 24.1 Å². The molecule has 0 radical (unpaired) electrons. The van der Waals surface area contributed by atoms with Crippen molar-refractivity contribution in [1.29, 1.82) is 0 Å². The number of hydrogen-bond donors (Lipinski definition) is 2. The van der Waals surface area contributed by atoms with Gasteiger partial charge in [0.1, 0.15) is 18.4 Å².